The summed E-state index contributed by atoms with van der Waals surface area (Å²) in [5.41, 5.74) is -1.10. The van der Waals surface area contributed by atoms with Crippen molar-refractivity contribution in [2.75, 3.05) is 27.7 Å². The van der Waals surface area contributed by atoms with Crippen molar-refractivity contribution in [1.82, 2.24) is 9.80 Å². The van der Waals surface area contributed by atoms with E-state index in [0.717, 1.165) is 11.3 Å². The molecular weight excluding hydrogens is 728 g/mol. The third-order valence-corrected chi connectivity index (χ3v) is 12.3. The molecule has 5 rings (SSSR count). The molecule has 0 radical (unpaired) electrons. The number of ether oxygens (including phenoxy) is 6. The number of carbonyl (C=O) groups is 3. The standard InChI is InChI=1S/C45H64N2O10/c1-12-36-45(8)39(47(43(51)57-45)23-22-32-18-20-34(21-19-32)54-33-16-14-13-15-17-33)31(6)37(48)29(4)26-44(7,52-11)40(27(2)24-28(3)41(50)55-36)56-42-38(49)35(46(9)10)25-30(5)53-42/h13-21,24,27,29-31,35-36,38-40,42,49H,12,22-23,25-26H2,1-11H3/b28-24+/t27-,29+,30+,31+,35-,36?,38+,39+,40+,42-,44+,45+/m0/s1. The first-order valence-electron chi connectivity index (χ1n) is 20.4. The maximum Gasteiger partial charge on any atom is 0.410 e. The molecule has 2 saturated heterocycles. The van der Waals surface area contributed by atoms with Gasteiger partial charge in [0.05, 0.1) is 23.9 Å². The summed E-state index contributed by atoms with van der Waals surface area (Å²) in [5, 5.41) is 11.4. The molecule has 3 aliphatic rings. The van der Waals surface area contributed by atoms with Crippen LogP contribution in [-0.4, -0.2) is 114 Å². The van der Waals surface area contributed by atoms with Gasteiger partial charge in [-0.3, -0.25) is 9.69 Å². The summed E-state index contributed by atoms with van der Waals surface area (Å²) in [6.07, 6.45) is -0.804. The highest BCUT2D eigenvalue weighted by atomic mass is 16.7. The quantitative estimate of drug-likeness (QED) is 0.250. The number of likely N-dealkylation sites (N-methyl/N-ethyl adjacent to an activating group) is 1. The molecule has 2 fully saturated rings. The zero-order valence-corrected chi connectivity index (χ0v) is 35.6. The van der Waals surface area contributed by atoms with Gasteiger partial charge in [0.1, 0.15) is 29.5 Å². The molecule has 3 aliphatic heterocycles. The summed E-state index contributed by atoms with van der Waals surface area (Å²) in [6.45, 7) is 15.1. The summed E-state index contributed by atoms with van der Waals surface area (Å²) < 4.78 is 37.5. The number of Topliss-reactive ketones (excluding diaryl/α,β-unsaturated/α-hetero) is 1. The predicted molar refractivity (Wildman–Crippen MR) is 216 cm³/mol. The van der Waals surface area contributed by atoms with E-state index in [1.807, 2.05) is 115 Å². The second-order valence-electron chi connectivity index (χ2n) is 17.0. The van der Waals surface area contributed by atoms with Crippen LogP contribution >= 0.6 is 0 Å². The largest absolute Gasteiger partial charge is 0.457 e. The monoisotopic (exact) mass is 792 g/mol. The van der Waals surface area contributed by atoms with Crippen LogP contribution in [0.15, 0.2) is 66.2 Å². The first kappa shape index (κ1) is 44.3. The SMILES string of the molecule is CCC1OC(=O)/C(C)=C/[C@H](C)[C@@H](O[C@@H]2O[C@H](C)C[C@H](N(C)C)[C@H]2O)[C@](C)(OC)C[C@@H](C)C(=O)[C@@H](C)[C@H]2N(CCc3ccc(Oc4ccccc4)cc3)C(=O)O[C@]12C. The van der Waals surface area contributed by atoms with Crippen molar-refractivity contribution in [1.29, 1.82) is 0 Å². The number of esters is 1. The molecule has 0 aromatic heterocycles. The van der Waals surface area contributed by atoms with Crippen molar-refractivity contribution in [2.24, 2.45) is 17.8 Å². The molecular formula is C45H64N2O10. The number of hydrogen-bond acceptors (Lipinski definition) is 11. The van der Waals surface area contributed by atoms with Crippen LogP contribution in [0.4, 0.5) is 4.79 Å². The molecule has 1 N–H and O–H groups in total. The fourth-order valence-electron chi connectivity index (χ4n) is 9.21. The number of ketones is 1. The Balaban J connectivity index is 1.46. The van der Waals surface area contributed by atoms with E-state index in [1.165, 1.54) is 0 Å². The molecule has 0 aliphatic carbocycles. The molecule has 3 heterocycles. The molecule has 0 spiro atoms. The molecule has 0 saturated carbocycles. The second kappa shape index (κ2) is 18.4. The van der Waals surface area contributed by atoms with Crippen molar-refractivity contribution in [2.45, 2.75) is 135 Å². The Labute approximate surface area is 338 Å². The first-order chi connectivity index (χ1) is 26.9. The van der Waals surface area contributed by atoms with Crippen molar-refractivity contribution < 1.29 is 47.9 Å². The van der Waals surface area contributed by atoms with Crippen LogP contribution in [0.1, 0.15) is 80.2 Å². The lowest BCUT2D eigenvalue weighted by Crippen LogP contribution is -2.59. The van der Waals surface area contributed by atoms with Gasteiger partial charge >= 0.3 is 12.1 Å². The van der Waals surface area contributed by atoms with E-state index in [4.69, 9.17) is 28.4 Å². The minimum atomic E-state index is -1.33. The van der Waals surface area contributed by atoms with Gasteiger partial charge in [-0.15, -0.1) is 0 Å². The zero-order valence-electron chi connectivity index (χ0n) is 35.6. The second-order valence-corrected chi connectivity index (χ2v) is 17.0. The molecule has 12 heteroatoms. The van der Waals surface area contributed by atoms with Crippen molar-refractivity contribution in [3.8, 4) is 11.5 Å². The highest BCUT2D eigenvalue weighted by Crippen LogP contribution is 2.43. The van der Waals surface area contributed by atoms with Gasteiger partial charge in [-0.1, -0.05) is 64.1 Å². The average Bonchev–Trinajstić information content (AvgIpc) is 3.44. The molecule has 2 aromatic rings. The lowest BCUT2D eigenvalue weighted by Gasteiger charge is -2.47. The van der Waals surface area contributed by atoms with Crippen LogP contribution in [0.3, 0.4) is 0 Å². The average molecular weight is 793 g/mol. The van der Waals surface area contributed by atoms with E-state index in [9.17, 15) is 19.5 Å². The Morgan fingerprint density at radius 1 is 0.965 bits per heavy atom. The number of aliphatic hydroxyl groups is 1. The summed E-state index contributed by atoms with van der Waals surface area (Å²) in [6, 6.07) is 16.3. The minimum absolute atomic E-state index is 0.0909. The molecule has 2 aromatic carbocycles. The first-order valence-corrected chi connectivity index (χ1v) is 20.4. The topological polar surface area (TPSA) is 133 Å². The maximum absolute atomic E-state index is 14.7. The van der Waals surface area contributed by atoms with Crippen LogP contribution in [0.25, 0.3) is 0 Å². The normalized spacial score (nSPS) is 36.5. The van der Waals surface area contributed by atoms with Gasteiger partial charge in [0.15, 0.2) is 11.9 Å². The molecule has 12 nitrogen and oxygen atoms in total. The number of benzene rings is 2. The Morgan fingerprint density at radius 2 is 1.61 bits per heavy atom. The van der Waals surface area contributed by atoms with E-state index in [0.29, 0.717) is 30.6 Å². The third-order valence-electron chi connectivity index (χ3n) is 12.3. The fourth-order valence-corrected chi connectivity index (χ4v) is 9.21. The third kappa shape index (κ3) is 9.74. The van der Waals surface area contributed by atoms with Crippen LogP contribution in [0.5, 0.6) is 11.5 Å². The Bertz CT molecular complexity index is 1720. The molecule has 314 valence electrons. The fraction of sp³-hybridized carbons (Fsp3) is 0.622. The molecule has 1 unspecified atom stereocenters. The molecule has 57 heavy (non-hydrogen) atoms. The molecule has 0 bridgehead atoms. The van der Waals surface area contributed by atoms with Gasteiger partial charge in [-0.05, 0) is 97.3 Å². The van der Waals surface area contributed by atoms with Gasteiger partial charge in [-0.2, -0.15) is 0 Å². The molecule has 12 atom stereocenters. The lowest BCUT2D eigenvalue weighted by atomic mass is 9.74. The van der Waals surface area contributed by atoms with E-state index in [-0.39, 0.29) is 30.9 Å². The number of para-hydroxylation sites is 1. The van der Waals surface area contributed by atoms with Gasteiger partial charge in [0.2, 0.25) is 0 Å². The van der Waals surface area contributed by atoms with Gasteiger partial charge < -0.3 is 38.4 Å². The van der Waals surface area contributed by atoms with Crippen LogP contribution in [0, 0.1) is 17.8 Å². The number of amides is 1. The number of hydrogen-bond donors (Lipinski definition) is 1. The van der Waals surface area contributed by atoms with Gasteiger partial charge in [0, 0.05) is 43.0 Å². The number of carbonyl (C=O) groups excluding carboxylic acids is 3. The van der Waals surface area contributed by atoms with Crippen molar-refractivity contribution in [3.63, 3.8) is 0 Å². The van der Waals surface area contributed by atoms with Gasteiger partial charge in [0.25, 0.3) is 0 Å². The maximum atomic E-state index is 14.7. The highest BCUT2D eigenvalue weighted by Gasteiger charge is 2.60. The number of cyclic esters (lactones) is 1. The summed E-state index contributed by atoms with van der Waals surface area (Å²) >= 11 is 0. The molecule has 1 amide bonds. The van der Waals surface area contributed by atoms with E-state index >= 15 is 0 Å². The number of nitrogens with zero attached hydrogens (tertiary/aromatic N) is 2. The van der Waals surface area contributed by atoms with Crippen LogP contribution in [0.2, 0.25) is 0 Å². The minimum Gasteiger partial charge on any atom is -0.457 e. The number of fused-ring (bicyclic) bond motifs is 1. The van der Waals surface area contributed by atoms with E-state index in [2.05, 4.69) is 0 Å². The summed E-state index contributed by atoms with van der Waals surface area (Å²) in [4.78, 5) is 46.1. The highest BCUT2D eigenvalue weighted by molar-refractivity contribution is 5.88. The van der Waals surface area contributed by atoms with Crippen molar-refractivity contribution in [3.05, 3.63) is 71.8 Å². The predicted octanol–water partition coefficient (Wildman–Crippen LogP) is 6.97. The van der Waals surface area contributed by atoms with E-state index in [1.54, 1.807) is 31.9 Å². The van der Waals surface area contributed by atoms with Gasteiger partial charge in [-0.25, -0.2) is 9.59 Å². The number of rotatable bonds is 10. The van der Waals surface area contributed by atoms with Crippen LogP contribution in [-0.2, 0) is 39.7 Å². The Kier molecular flexibility index (Phi) is 14.3. The zero-order chi connectivity index (χ0) is 41.8. The lowest BCUT2D eigenvalue weighted by molar-refractivity contribution is -0.294. The van der Waals surface area contributed by atoms with Crippen LogP contribution < -0.4 is 4.74 Å². The Hall–Kier alpha value is -3.81. The smallest absolute Gasteiger partial charge is 0.410 e. The van der Waals surface area contributed by atoms with E-state index < -0.39 is 71.7 Å². The number of aliphatic hydroxyl groups excluding tert-OH is 1. The number of methoxy groups -OCH3 is 1. The summed E-state index contributed by atoms with van der Waals surface area (Å²) in [5.74, 6) is -0.953. The van der Waals surface area contributed by atoms with Crippen molar-refractivity contribution >= 4 is 17.8 Å². The Morgan fingerprint density at radius 3 is 2.23 bits per heavy atom. The summed E-state index contributed by atoms with van der Waals surface area (Å²) in [7, 11) is 5.41.